The van der Waals surface area contributed by atoms with Gasteiger partial charge in [-0.2, -0.15) is 8.78 Å². The van der Waals surface area contributed by atoms with E-state index in [1.54, 1.807) is 12.1 Å². The van der Waals surface area contributed by atoms with Crippen LogP contribution in [0, 0.1) is 0 Å². The Labute approximate surface area is 124 Å². The number of rotatable bonds is 9. The standard InChI is InChI=1S/C14H21F2NO3S/c1-3-8-17-13(7-9-21(2,18)19)11-5-4-6-12(10-11)20-14(15)16/h4-6,10,13-14,17H,3,7-9H2,1-2H3. The maximum Gasteiger partial charge on any atom is 0.387 e. The molecule has 0 bridgehead atoms. The molecular formula is C14H21F2NO3S. The molecule has 0 amide bonds. The minimum atomic E-state index is -3.07. The van der Waals surface area contributed by atoms with Gasteiger partial charge in [-0.05, 0) is 37.1 Å². The van der Waals surface area contributed by atoms with Crippen LogP contribution in [0.15, 0.2) is 24.3 Å². The Morgan fingerprint density at radius 1 is 1.33 bits per heavy atom. The molecule has 1 rings (SSSR count). The minimum Gasteiger partial charge on any atom is -0.435 e. The van der Waals surface area contributed by atoms with E-state index in [2.05, 4.69) is 10.1 Å². The van der Waals surface area contributed by atoms with Gasteiger partial charge in [0.1, 0.15) is 15.6 Å². The SMILES string of the molecule is CCCNC(CCS(C)(=O)=O)c1cccc(OC(F)F)c1. The van der Waals surface area contributed by atoms with E-state index >= 15 is 0 Å². The van der Waals surface area contributed by atoms with Gasteiger partial charge in [-0.3, -0.25) is 0 Å². The van der Waals surface area contributed by atoms with Crippen molar-refractivity contribution in [2.45, 2.75) is 32.4 Å². The second-order valence-corrected chi connectivity index (χ2v) is 7.14. The highest BCUT2D eigenvalue weighted by Gasteiger charge is 2.15. The molecule has 1 aromatic rings. The lowest BCUT2D eigenvalue weighted by Gasteiger charge is -2.19. The van der Waals surface area contributed by atoms with E-state index in [0.29, 0.717) is 13.0 Å². The Kier molecular flexibility index (Phi) is 7.04. The molecule has 1 unspecified atom stereocenters. The van der Waals surface area contributed by atoms with Crippen LogP contribution in [-0.2, 0) is 9.84 Å². The predicted molar refractivity (Wildman–Crippen MR) is 78.4 cm³/mol. The molecule has 0 saturated carbocycles. The molecule has 0 saturated heterocycles. The van der Waals surface area contributed by atoms with E-state index in [9.17, 15) is 17.2 Å². The Bertz CT molecular complexity index is 535. The van der Waals surface area contributed by atoms with Gasteiger partial charge in [-0.1, -0.05) is 19.1 Å². The van der Waals surface area contributed by atoms with E-state index in [1.165, 1.54) is 18.4 Å². The molecule has 0 spiro atoms. The van der Waals surface area contributed by atoms with E-state index in [1.807, 2.05) is 6.92 Å². The third-order valence-corrected chi connectivity index (χ3v) is 3.88. The number of halogens is 2. The Morgan fingerprint density at radius 2 is 2.05 bits per heavy atom. The zero-order valence-corrected chi connectivity index (χ0v) is 13.0. The van der Waals surface area contributed by atoms with Crippen molar-refractivity contribution in [3.63, 3.8) is 0 Å². The zero-order chi connectivity index (χ0) is 15.9. The number of nitrogens with one attached hydrogen (secondary N) is 1. The molecular weight excluding hydrogens is 300 g/mol. The molecule has 1 N–H and O–H groups in total. The first kappa shape index (κ1) is 17.8. The fraction of sp³-hybridized carbons (Fsp3) is 0.571. The molecule has 1 aromatic carbocycles. The van der Waals surface area contributed by atoms with Crippen molar-refractivity contribution in [3.05, 3.63) is 29.8 Å². The van der Waals surface area contributed by atoms with Crippen LogP contribution in [0.2, 0.25) is 0 Å². The van der Waals surface area contributed by atoms with Gasteiger partial charge in [-0.25, -0.2) is 8.42 Å². The molecule has 0 heterocycles. The second kappa shape index (κ2) is 8.29. The smallest absolute Gasteiger partial charge is 0.387 e. The van der Waals surface area contributed by atoms with Gasteiger partial charge in [0.05, 0.1) is 5.75 Å². The summed E-state index contributed by atoms with van der Waals surface area (Å²) in [5.74, 6) is 0.110. The van der Waals surface area contributed by atoms with Crippen molar-refractivity contribution in [3.8, 4) is 5.75 Å². The summed E-state index contributed by atoms with van der Waals surface area (Å²) >= 11 is 0. The maximum absolute atomic E-state index is 12.2. The maximum atomic E-state index is 12.2. The molecule has 0 aliphatic carbocycles. The summed E-state index contributed by atoms with van der Waals surface area (Å²) in [5.41, 5.74) is 0.741. The lowest BCUT2D eigenvalue weighted by molar-refractivity contribution is -0.0499. The van der Waals surface area contributed by atoms with Crippen LogP contribution in [0.1, 0.15) is 31.4 Å². The number of ether oxygens (including phenoxy) is 1. The first-order valence-electron chi connectivity index (χ1n) is 6.77. The van der Waals surface area contributed by atoms with Gasteiger partial charge in [0.2, 0.25) is 0 Å². The van der Waals surface area contributed by atoms with E-state index in [-0.39, 0.29) is 17.5 Å². The average Bonchev–Trinajstić information content (AvgIpc) is 2.37. The van der Waals surface area contributed by atoms with Gasteiger partial charge in [0.15, 0.2) is 0 Å². The van der Waals surface area contributed by atoms with Crippen LogP contribution >= 0.6 is 0 Å². The lowest BCUT2D eigenvalue weighted by Crippen LogP contribution is -2.24. The number of benzene rings is 1. The van der Waals surface area contributed by atoms with E-state index in [0.717, 1.165) is 12.0 Å². The summed E-state index contributed by atoms with van der Waals surface area (Å²) in [5, 5.41) is 3.23. The molecule has 120 valence electrons. The number of hydrogen-bond donors (Lipinski definition) is 1. The molecule has 0 aliphatic rings. The van der Waals surface area contributed by atoms with Crippen LogP contribution < -0.4 is 10.1 Å². The third-order valence-electron chi connectivity index (χ3n) is 2.90. The lowest BCUT2D eigenvalue weighted by atomic mass is 10.0. The summed E-state index contributed by atoms with van der Waals surface area (Å²) in [6.45, 7) is -0.163. The van der Waals surface area contributed by atoms with E-state index < -0.39 is 16.4 Å². The van der Waals surface area contributed by atoms with Gasteiger partial charge in [0.25, 0.3) is 0 Å². The van der Waals surface area contributed by atoms with Crippen molar-refractivity contribution in [2.24, 2.45) is 0 Å². The van der Waals surface area contributed by atoms with Gasteiger partial charge < -0.3 is 10.1 Å². The third kappa shape index (κ3) is 7.38. The Hall–Kier alpha value is -1.21. The second-order valence-electron chi connectivity index (χ2n) is 4.88. The number of alkyl halides is 2. The van der Waals surface area contributed by atoms with Crippen LogP contribution in [0.3, 0.4) is 0 Å². The summed E-state index contributed by atoms with van der Waals surface area (Å²) < 4.78 is 51.5. The summed E-state index contributed by atoms with van der Waals surface area (Å²) in [4.78, 5) is 0. The minimum absolute atomic E-state index is 0.0360. The first-order chi connectivity index (χ1) is 9.81. The highest BCUT2D eigenvalue weighted by atomic mass is 32.2. The topological polar surface area (TPSA) is 55.4 Å². The van der Waals surface area contributed by atoms with Crippen molar-refractivity contribution >= 4 is 9.84 Å². The normalized spacial score (nSPS) is 13.4. The molecule has 21 heavy (non-hydrogen) atoms. The van der Waals surface area contributed by atoms with E-state index in [4.69, 9.17) is 0 Å². The fourth-order valence-corrected chi connectivity index (χ4v) is 2.61. The Balaban J connectivity index is 2.85. The van der Waals surface area contributed by atoms with Crippen molar-refractivity contribution in [1.82, 2.24) is 5.32 Å². The van der Waals surface area contributed by atoms with Crippen molar-refractivity contribution in [1.29, 1.82) is 0 Å². The van der Waals surface area contributed by atoms with Crippen molar-refractivity contribution < 1.29 is 21.9 Å². The van der Waals surface area contributed by atoms with Crippen LogP contribution in [0.25, 0.3) is 0 Å². The monoisotopic (exact) mass is 321 g/mol. The van der Waals surface area contributed by atoms with Crippen LogP contribution in [0.5, 0.6) is 5.75 Å². The van der Waals surface area contributed by atoms with Gasteiger partial charge in [-0.15, -0.1) is 0 Å². The summed E-state index contributed by atoms with van der Waals surface area (Å²) in [6, 6.07) is 6.15. The Morgan fingerprint density at radius 3 is 2.62 bits per heavy atom. The quantitative estimate of drug-likeness (QED) is 0.760. The van der Waals surface area contributed by atoms with Gasteiger partial charge >= 0.3 is 6.61 Å². The van der Waals surface area contributed by atoms with Crippen LogP contribution in [0.4, 0.5) is 8.78 Å². The molecule has 0 aromatic heterocycles. The highest BCUT2D eigenvalue weighted by Crippen LogP contribution is 2.23. The summed E-state index contributed by atoms with van der Waals surface area (Å²) in [7, 11) is -3.07. The largest absolute Gasteiger partial charge is 0.435 e. The molecule has 7 heteroatoms. The molecule has 1 atom stereocenters. The van der Waals surface area contributed by atoms with Gasteiger partial charge in [0, 0.05) is 12.3 Å². The molecule has 0 aliphatic heterocycles. The molecule has 4 nitrogen and oxygen atoms in total. The number of sulfone groups is 1. The van der Waals surface area contributed by atoms with Crippen molar-refractivity contribution in [2.75, 3.05) is 18.6 Å². The predicted octanol–water partition coefficient (Wildman–Crippen LogP) is 2.76. The average molecular weight is 321 g/mol. The summed E-state index contributed by atoms with van der Waals surface area (Å²) in [6.07, 6.45) is 2.46. The number of hydrogen-bond acceptors (Lipinski definition) is 4. The molecule has 0 radical (unpaired) electrons. The zero-order valence-electron chi connectivity index (χ0n) is 12.2. The highest BCUT2D eigenvalue weighted by molar-refractivity contribution is 7.90. The fourth-order valence-electron chi connectivity index (χ4n) is 1.94. The molecule has 0 fully saturated rings. The van der Waals surface area contributed by atoms with Crippen LogP contribution in [-0.4, -0.2) is 33.6 Å². The first-order valence-corrected chi connectivity index (χ1v) is 8.83.